The summed E-state index contributed by atoms with van der Waals surface area (Å²) in [7, 11) is 0. The number of halogens is 1. The van der Waals surface area contributed by atoms with Gasteiger partial charge in [0.05, 0.1) is 6.17 Å². The quantitative estimate of drug-likeness (QED) is 0.749. The molecule has 2 aliphatic heterocycles. The van der Waals surface area contributed by atoms with Gasteiger partial charge >= 0.3 is 0 Å². The topological polar surface area (TPSA) is 53.3 Å². The van der Waals surface area contributed by atoms with E-state index in [1.54, 1.807) is 12.1 Å². The van der Waals surface area contributed by atoms with Crippen LogP contribution in [0, 0.1) is 5.82 Å². The lowest BCUT2D eigenvalue weighted by molar-refractivity contribution is 0.133. The second-order valence-electron chi connectivity index (χ2n) is 5.55. The number of hydrogen-bond acceptors (Lipinski definition) is 4. The lowest BCUT2D eigenvalue weighted by Gasteiger charge is -2.34. The first-order chi connectivity index (χ1) is 9.22. The highest BCUT2D eigenvalue weighted by atomic mass is 19.1. The Bertz CT molecular complexity index is 439. The van der Waals surface area contributed by atoms with Crippen LogP contribution in [0.5, 0.6) is 0 Å². The van der Waals surface area contributed by atoms with E-state index in [0.29, 0.717) is 6.17 Å². The van der Waals surface area contributed by atoms with E-state index in [1.165, 1.54) is 6.07 Å². The maximum atomic E-state index is 13.2. The predicted molar refractivity (Wildman–Crippen MR) is 72.6 cm³/mol. The van der Waals surface area contributed by atoms with Crippen molar-refractivity contribution in [1.82, 2.24) is 15.8 Å². The Labute approximate surface area is 113 Å². The van der Waals surface area contributed by atoms with Crippen LogP contribution in [0.3, 0.4) is 0 Å². The van der Waals surface area contributed by atoms with Crippen molar-refractivity contribution in [3.8, 4) is 0 Å². The molecule has 1 aromatic carbocycles. The van der Waals surface area contributed by atoms with Gasteiger partial charge in [0.25, 0.3) is 0 Å². The largest absolute Gasteiger partial charge is 0.327 e. The Hall–Kier alpha value is -1.01. The van der Waals surface area contributed by atoms with Gasteiger partial charge in [-0.3, -0.25) is 4.90 Å². The lowest BCUT2D eigenvalue weighted by Crippen LogP contribution is -2.52. The molecule has 2 aliphatic rings. The van der Waals surface area contributed by atoms with E-state index in [9.17, 15) is 4.39 Å². The molecule has 3 unspecified atom stereocenters. The number of hydrazine groups is 1. The van der Waals surface area contributed by atoms with Crippen molar-refractivity contribution in [2.45, 2.75) is 37.5 Å². The molecule has 19 heavy (non-hydrogen) atoms. The zero-order valence-electron chi connectivity index (χ0n) is 11.0. The summed E-state index contributed by atoms with van der Waals surface area (Å²) in [4.78, 5) is 2.39. The van der Waals surface area contributed by atoms with E-state index in [-0.39, 0.29) is 17.9 Å². The van der Waals surface area contributed by atoms with Crippen molar-refractivity contribution in [3.05, 3.63) is 35.6 Å². The summed E-state index contributed by atoms with van der Waals surface area (Å²) in [6.45, 7) is 2.03. The molecule has 0 spiro atoms. The summed E-state index contributed by atoms with van der Waals surface area (Å²) >= 11 is 0. The van der Waals surface area contributed by atoms with Crippen molar-refractivity contribution < 1.29 is 4.39 Å². The van der Waals surface area contributed by atoms with Gasteiger partial charge in [0.2, 0.25) is 0 Å². The molecular weight excluding hydrogens is 243 g/mol. The number of benzene rings is 1. The standard InChI is InChI=1S/C14H21FN4/c15-11-4-1-3-10(7-11)13-8-14(18-17-13)19-6-2-5-12(16)9-19/h1,3-4,7,12-14,17-18H,2,5-6,8-9,16H2. The van der Waals surface area contributed by atoms with E-state index in [2.05, 4.69) is 15.8 Å². The fourth-order valence-corrected chi connectivity index (χ4v) is 3.04. The molecule has 5 heteroatoms. The van der Waals surface area contributed by atoms with Gasteiger partial charge < -0.3 is 5.73 Å². The number of nitrogens with one attached hydrogen (secondary N) is 2. The van der Waals surface area contributed by atoms with Crippen molar-refractivity contribution in [3.63, 3.8) is 0 Å². The van der Waals surface area contributed by atoms with Gasteiger partial charge in [0.1, 0.15) is 5.82 Å². The maximum absolute atomic E-state index is 13.2. The first-order valence-corrected chi connectivity index (χ1v) is 6.98. The fraction of sp³-hybridized carbons (Fsp3) is 0.571. The molecule has 0 saturated carbocycles. The molecule has 104 valence electrons. The maximum Gasteiger partial charge on any atom is 0.123 e. The van der Waals surface area contributed by atoms with Gasteiger partial charge in [-0.1, -0.05) is 12.1 Å². The Morgan fingerprint density at radius 3 is 3.00 bits per heavy atom. The third-order valence-electron chi connectivity index (χ3n) is 4.06. The average molecular weight is 264 g/mol. The summed E-state index contributed by atoms with van der Waals surface area (Å²) in [5, 5.41) is 0. The first-order valence-electron chi connectivity index (χ1n) is 6.98. The van der Waals surface area contributed by atoms with Crippen molar-refractivity contribution in [1.29, 1.82) is 0 Å². The zero-order chi connectivity index (χ0) is 13.2. The molecule has 0 bridgehead atoms. The molecule has 0 radical (unpaired) electrons. The van der Waals surface area contributed by atoms with Crippen molar-refractivity contribution in [2.24, 2.45) is 5.73 Å². The molecule has 0 aliphatic carbocycles. The van der Waals surface area contributed by atoms with Gasteiger partial charge in [-0.05, 0) is 43.5 Å². The number of hydrogen-bond donors (Lipinski definition) is 3. The smallest absolute Gasteiger partial charge is 0.123 e. The van der Waals surface area contributed by atoms with E-state index in [0.717, 1.165) is 37.9 Å². The molecule has 2 saturated heterocycles. The summed E-state index contributed by atoms with van der Waals surface area (Å²) in [6.07, 6.45) is 3.50. The van der Waals surface area contributed by atoms with Crippen LogP contribution >= 0.6 is 0 Å². The molecule has 4 nitrogen and oxygen atoms in total. The summed E-state index contributed by atoms with van der Waals surface area (Å²) < 4.78 is 13.2. The summed E-state index contributed by atoms with van der Waals surface area (Å²) in [5.74, 6) is -0.178. The summed E-state index contributed by atoms with van der Waals surface area (Å²) in [6, 6.07) is 7.25. The fourth-order valence-electron chi connectivity index (χ4n) is 3.04. The summed E-state index contributed by atoms with van der Waals surface area (Å²) in [5.41, 5.74) is 13.6. The van der Waals surface area contributed by atoms with Gasteiger partial charge in [-0.15, -0.1) is 0 Å². The third kappa shape index (κ3) is 2.95. The lowest BCUT2D eigenvalue weighted by atomic mass is 10.0. The minimum absolute atomic E-state index is 0.166. The second kappa shape index (κ2) is 5.54. The number of nitrogens with two attached hydrogens (primary N) is 1. The van der Waals surface area contributed by atoms with Crippen LogP contribution in [0.2, 0.25) is 0 Å². The highest BCUT2D eigenvalue weighted by Crippen LogP contribution is 2.25. The molecule has 1 aromatic rings. The van der Waals surface area contributed by atoms with Crippen LogP contribution in [0.25, 0.3) is 0 Å². The average Bonchev–Trinajstić information content (AvgIpc) is 2.88. The monoisotopic (exact) mass is 264 g/mol. The molecular formula is C14H21FN4. The third-order valence-corrected chi connectivity index (χ3v) is 4.06. The van der Waals surface area contributed by atoms with Gasteiger partial charge in [0, 0.05) is 18.6 Å². The van der Waals surface area contributed by atoms with Crippen molar-refractivity contribution >= 4 is 0 Å². The number of piperidine rings is 1. The van der Waals surface area contributed by atoms with E-state index in [1.807, 2.05) is 6.07 Å². The Balaban J connectivity index is 1.63. The molecule has 2 heterocycles. The number of nitrogens with zero attached hydrogens (tertiary/aromatic N) is 1. The highest BCUT2D eigenvalue weighted by molar-refractivity contribution is 5.21. The first kappa shape index (κ1) is 13.0. The van der Waals surface area contributed by atoms with Crippen LogP contribution in [-0.2, 0) is 0 Å². The number of rotatable bonds is 2. The van der Waals surface area contributed by atoms with Gasteiger partial charge in [-0.2, -0.15) is 0 Å². The van der Waals surface area contributed by atoms with Crippen LogP contribution in [0.1, 0.15) is 30.9 Å². The van der Waals surface area contributed by atoms with E-state index >= 15 is 0 Å². The normalized spacial score (nSPS) is 32.6. The van der Waals surface area contributed by atoms with Crippen molar-refractivity contribution in [2.75, 3.05) is 13.1 Å². The second-order valence-corrected chi connectivity index (χ2v) is 5.55. The molecule has 3 rings (SSSR count). The Kier molecular flexibility index (Phi) is 3.79. The SMILES string of the molecule is NC1CCCN(C2CC(c3cccc(F)c3)NN2)C1. The van der Waals surface area contributed by atoms with Gasteiger partial charge in [-0.25, -0.2) is 15.2 Å². The zero-order valence-corrected chi connectivity index (χ0v) is 11.0. The molecule has 0 amide bonds. The van der Waals surface area contributed by atoms with Crippen LogP contribution < -0.4 is 16.6 Å². The van der Waals surface area contributed by atoms with Crippen LogP contribution in [0.15, 0.2) is 24.3 Å². The van der Waals surface area contributed by atoms with Gasteiger partial charge in [0.15, 0.2) is 0 Å². The molecule has 2 fully saturated rings. The minimum Gasteiger partial charge on any atom is -0.327 e. The highest BCUT2D eigenvalue weighted by Gasteiger charge is 2.31. The molecule has 0 aromatic heterocycles. The molecule has 4 N–H and O–H groups in total. The van der Waals surface area contributed by atoms with E-state index < -0.39 is 0 Å². The number of likely N-dealkylation sites (tertiary alicyclic amines) is 1. The predicted octanol–water partition coefficient (Wildman–Crippen LogP) is 1.11. The van der Waals surface area contributed by atoms with Crippen LogP contribution in [-0.4, -0.2) is 30.2 Å². The Morgan fingerprint density at radius 1 is 1.32 bits per heavy atom. The molecule has 3 atom stereocenters. The van der Waals surface area contributed by atoms with E-state index in [4.69, 9.17) is 5.73 Å². The van der Waals surface area contributed by atoms with Crippen LogP contribution in [0.4, 0.5) is 4.39 Å². The minimum atomic E-state index is -0.178. The Morgan fingerprint density at radius 2 is 2.21 bits per heavy atom.